The molecule has 0 saturated carbocycles. The quantitative estimate of drug-likeness (QED) is 0.260. The highest BCUT2D eigenvalue weighted by molar-refractivity contribution is 6.30. The topological polar surface area (TPSA) is 58.6 Å². The molecule has 0 aliphatic heterocycles. The largest absolute Gasteiger partial charge is 0.497 e. The van der Waals surface area contributed by atoms with Crippen LogP contribution in [0.2, 0.25) is 5.02 Å². The maximum absolute atomic E-state index is 13.8. The average molecular weight is 527 g/mol. The Bertz CT molecular complexity index is 1310. The van der Waals surface area contributed by atoms with Crippen molar-refractivity contribution in [2.75, 3.05) is 13.7 Å². The molecule has 6 heteroatoms. The zero-order valence-electron chi connectivity index (χ0n) is 21.3. The fraction of sp³-hybridized carbons (Fsp3) is 0.188. The smallest absolute Gasteiger partial charge is 0.247 e. The van der Waals surface area contributed by atoms with Gasteiger partial charge in [0.25, 0.3) is 0 Å². The van der Waals surface area contributed by atoms with E-state index in [0.717, 1.165) is 28.0 Å². The number of ether oxygens (including phenoxy) is 1. The fourth-order valence-electron chi connectivity index (χ4n) is 4.31. The van der Waals surface area contributed by atoms with Crippen LogP contribution in [0.4, 0.5) is 0 Å². The Hall–Kier alpha value is -4.09. The summed E-state index contributed by atoms with van der Waals surface area (Å²) in [4.78, 5) is 29.2. The summed E-state index contributed by atoms with van der Waals surface area (Å²) in [5, 5.41) is 3.68. The Labute approximate surface area is 229 Å². The molecule has 0 aliphatic rings. The lowest BCUT2D eigenvalue weighted by molar-refractivity contribution is -0.141. The van der Waals surface area contributed by atoms with Crippen molar-refractivity contribution in [2.45, 2.75) is 25.4 Å². The summed E-state index contributed by atoms with van der Waals surface area (Å²) in [5.41, 5.74) is 3.62. The molecular weight excluding hydrogens is 496 g/mol. The number of nitrogens with one attached hydrogen (secondary N) is 1. The highest BCUT2D eigenvalue weighted by Crippen LogP contribution is 2.26. The SMILES string of the molecule is COc1ccc(CN(C(=O)Cc2ccc(Cl)cc2)[C@@H](C(=O)NCCc2ccccc2)c2ccccc2)cc1. The molecule has 0 aromatic heterocycles. The van der Waals surface area contributed by atoms with Crippen molar-refractivity contribution in [3.63, 3.8) is 0 Å². The van der Waals surface area contributed by atoms with Gasteiger partial charge in [0.1, 0.15) is 11.8 Å². The Kier molecular flexibility index (Phi) is 9.54. The summed E-state index contributed by atoms with van der Waals surface area (Å²) in [7, 11) is 1.61. The minimum absolute atomic E-state index is 0.147. The van der Waals surface area contributed by atoms with Gasteiger partial charge in [-0.3, -0.25) is 9.59 Å². The van der Waals surface area contributed by atoms with Crippen LogP contribution in [0.25, 0.3) is 0 Å². The Balaban J connectivity index is 1.62. The van der Waals surface area contributed by atoms with Crippen LogP contribution in [0.3, 0.4) is 0 Å². The second-order valence-electron chi connectivity index (χ2n) is 9.01. The Morgan fingerprint density at radius 1 is 0.789 bits per heavy atom. The van der Waals surface area contributed by atoms with Crippen LogP contribution >= 0.6 is 11.6 Å². The molecular formula is C32H31ClN2O3. The fourth-order valence-corrected chi connectivity index (χ4v) is 4.44. The van der Waals surface area contributed by atoms with Gasteiger partial charge in [-0.2, -0.15) is 0 Å². The van der Waals surface area contributed by atoms with Crippen LogP contribution in [0.15, 0.2) is 109 Å². The van der Waals surface area contributed by atoms with Crippen LogP contribution in [0, 0.1) is 0 Å². The third-order valence-electron chi connectivity index (χ3n) is 6.33. The summed E-state index contributed by atoms with van der Waals surface area (Å²) in [5.74, 6) is 0.353. The standard InChI is InChI=1S/C32H31ClN2O3/c1-38-29-18-14-26(15-19-29)23-35(30(36)22-25-12-16-28(33)17-13-25)31(27-10-6-3-7-11-27)32(37)34-21-20-24-8-4-2-5-9-24/h2-19,31H,20-23H2,1H3,(H,34,37)/t31-/m1/s1. The zero-order chi connectivity index (χ0) is 26.7. The molecule has 38 heavy (non-hydrogen) atoms. The van der Waals surface area contributed by atoms with E-state index in [9.17, 15) is 9.59 Å². The van der Waals surface area contributed by atoms with Gasteiger partial charge >= 0.3 is 0 Å². The highest BCUT2D eigenvalue weighted by Gasteiger charge is 2.31. The number of nitrogens with zero attached hydrogens (tertiary/aromatic N) is 1. The highest BCUT2D eigenvalue weighted by atomic mass is 35.5. The van der Waals surface area contributed by atoms with Gasteiger partial charge in [0.2, 0.25) is 11.8 Å². The second-order valence-corrected chi connectivity index (χ2v) is 9.45. The first-order valence-electron chi connectivity index (χ1n) is 12.6. The number of carbonyl (C=O) groups excluding carboxylic acids is 2. The van der Waals surface area contributed by atoms with E-state index in [2.05, 4.69) is 5.32 Å². The number of rotatable bonds is 11. The average Bonchev–Trinajstić information content (AvgIpc) is 2.95. The van der Waals surface area contributed by atoms with E-state index < -0.39 is 6.04 Å². The normalized spacial score (nSPS) is 11.4. The van der Waals surface area contributed by atoms with Gasteiger partial charge in [-0.25, -0.2) is 0 Å². The van der Waals surface area contributed by atoms with E-state index in [1.54, 1.807) is 24.1 Å². The van der Waals surface area contributed by atoms with Crippen LogP contribution in [-0.2, 0) is 29.0 Å². The first-order valence-corrected chi connectivity index (χ1v) is 12.9. The van der Waals surface area contributed by atoms with Gasteiger partial charge in [0.15, 0.2) is 0 Å². The van der Waals surface area contributed by atoms with E-state index in [0.29, 0.717) is 18.0 Å². The maximum atomic E-state index is 13.8. The molecule has 4 aromatic carbocycles. The number of benzene rings is 4. The van der Waals surface area contributed by atoms with Gasteiger partial charge in [-0.15, -0.1) is 0 Å². The minimum Gasteiger partial charge on any atom is -0.497 e. The number of halogens is 1. The summed E-state index contributed by atoms with van der Waals surface area (Å²) < 4.78 is 5.29. The predicted octanol–water partition coefficient (Wildman–Crippen LogP) is 6.02. The minimum atomic E-state index is -0.797. The lowest BCUT2D eigenvalue weighted by Gasteiger charge is -2.32. The van der Waals surface area contributed by atoms with Crippen molar-refractivity contribution >= 4 is 23.4 Å². The molecule has 1 atom stereocenters. The zero-order valence-corrected chi connectivity index (χ0v) is 22.1. The number of hydrogen-bond donors (Lipinski definition) is 1. The molecule has 4 aromatic rings. The van der Waals surface area contributed by atoms with Crippen molar-refractivity contribution < 1.29 is 14.3 Å². The first kappa shape index (κ1) is 27.0. The van der Waals surface area contributed by atoms with Gasteiger partial charge < -0.3 is 15.0 Å². The number of carbonyl (C=O) groups is 2. The third kappa shape index (κ3) is 7.46. The van der Waals surface area contributed by atoms with Crippen LogP contribution in [0.1, 0.15) is 28.3 Å². The maximum Gasteiger partial charge on any atom is 0.247 e. The molecule has 0 radical (unpaired) electrons. The molecule has 0 spiro atoms. The van der Waals surface area contributed by atoms with Crippen molar-refractivity contribution in [3.05, 3.63) is 136 Å². The van der Waals surface area contributed by atoms with Gasteiger partial charge in [-0.05, 0) is 52.9 Å². The van der Waals surface area contributed by atoms with E-state index in [4.69, 9.17) is 16.3 Å². The summed E-state index contributed by atoms with van der Waals surface area (Å²) in [6.07, 6.45) is 0.846. The second kappa shape index (κ2) is 13.5. The molecule has 0 heterocycles. The van der Waals surface area contributed by atoms with E-state index >= 15 is 0 Å². The molecule has 5 nitrogen and oxygen atoms in total. The van der Waals surface area contributed by atoms with Crippen LogP contribution in [0.5, 0.6) is 5.75 Å². The molecule has 0 bridgehead atoms. The molecule has 4 rings (SSSR count). The van der Waals surface area contributed by atoms with Crippen LogP contribution < -0.4 is 10.1 Å². The Morgan fingerprint density at radius 3 is 2.03 bits per heavy atom. The summed E-state index contributed by atoms with van der Waals surface area (Å²) in [6, 6.07) is 33.4. The van der Waals surface area contributed by atoms with Crippen molar-refractivity contribution in [1.29, 1.82) is 0 Å². The van der Waals surface area contributed by atoms with Crippen molar-refractivity contribution in [3.8, 4) is 5.75 Å². The Morgan fingerprint density at radius 2 is 1.39 bits per heavy atom. The van der Waals surface area contributed by atoms with Gasteiger partial charge in [0.05, 0.1) is 13.5 Å². The van der Waals surface area contributed by atoms with Crippen LogP contribution in [-0.4, -0.2) is 30.4 Å². The summed E-state index contributed by atoms with van der Waals surface area (Å²) >= 11 is 6.05. The monoisotopic (exact) mass is 526 g/mol. The van der Waals surface area contributed by atoms with E-state index in [1.807, 2.05) is 97.1 Å². The predicted molar refractivity (Wildman–Crippen MR) is 151 cm³/mol. The number of amides is 2. The molecule has 0 aliphatic carbocycles. The van der Waals surface area contributed by atoms with Gasteiger partial charge in [-0.1, -0.05) is 96.5 Å². The summed E-state index contributed by atoms with van der Waals surface area (Å²) in [6.45, 7) is 0.732. The van der Waals surface area contributed by atoms with Crippen molar-refractivity contribution in [2.24, 2.45) is 0 Å². The lowest BCUT2D eigenvalue weighted by Crippen LogP contribution is -2.44. The van der Waals surface area contributed by atoms with Crippen molar-refractivity contribution in [1.82, 2.24) is 10.2 Å². The van der Waals surface area contributed by atoms with E-state index in [1.165, 1.54) is 0 Å². The molecule has 2 amide bonds. The third-order valence-corrected chi connectivity index (χ3v) is 6.58. The van der Waals surface area contributed by atoms with E-state index in [-0.39, 0.29) is 24.8 Å². The molecule has 0 fully saturated rings. The lowest BCUT2D eigenvalue weighted by atomic mass is 10.0. The molecule has 0 saturated heterocycles. The van der Waals surface area contributed by atoms with Gasteiger partial charge in [0, 0.05) is 18.1 Å². The molecule has 194 valence electrons. The number of hydrogen-bond acceptors (Lipinski definition) is 3. The first-order chi connectivity index (χ1) is 18.5. The number of methoxy groups -OCH3 is 1. The molecule has 0 unspecified atom stereocenters. The molecule has 1 N–H and O–H groups in total.